The summed E-state index contributed by atoms with van der Waals surface area (Å²) in [7, 11) is -1.87. The summed E-state index contributed by atoms with van der Waals surface area (Å²) in [5, 5.41) is 0.0920. The van der Waals surface area contributed by atoms with E-state index in [-0.39, 0.29) is 18.0 Å². The molecule has 0 aliphatic carbocycles. The highest BCUT2D eigenvalue weighted by Gasteiger charge is 2.41. The summed E-state index contributed by atoms with van der Waals surface area (Å²) < 4.78 is 19.2. The highest BCUT2D eigenvalue weighted by molar-refractivity contribution is 6.74. The van der Waals surface area contributed by atoms with Crippen molar-refractivity contribution in [1.82, 2.24) is 4.90 Å². The summed E-state index contributed by atoms with van der Waals surface area (Å²) in [6.07, 6.45) is -0.922. The highest BCUT2D eigenvalue weighted by Crippen LogP contribution is 2.36. The third-order valence-electron chi connectivity index (χ3n) is 4.16. The standard InChI is InChI=1S/C13H24FNO3Si/c1-13(2,3)19(4,5)18-7-6-15-10(9-16)8-11(14)12(15)17/h9-11H,6-8H2,1-5H3/t10-,11+/m0/s1. The minimum atomic E-state index is -1.87. The molecule has 2 atom stereocenters. The largest absolute Gasteiger partial charge is 0.415 e. The molecule has 1 saturated heterocycles. The third kappa shape index (κ3) is 3.63. The lowest BCUT2D eigenvalue weighted by molar-refractivity contribution is -0.134. The molecule has 110 valence electrons. The van der Waals surface area contributed by atoms with Gasteiger partial charge in [-0.1, -0.05) is 20.8 Å². The first-order valence-electron chi connectivity index (χ1n) is 6.64. The molecule has 1 fully saturated rings. The first-order valence-corrected chi connectivity index (χ1v) is 9.55. The lowest BCUT2D eigenvalue weighted by Crippen LogP contribution is -2.44. The fraction of sp³-hybridized carbons (Fsp3) is 0.846. The van der Waals surface area contributed by atoms with E-state index in [0.29, 0.717) is 12.9 Å². The molecule has 0 N–H and O–H groups in total. The number of carbonyl (C=O) groups excluding carboxylic acids is 2. The molecule has 1 amide bonds. The van der Waals surface area contributed by atoms with E-state index in [1.54, 1.807) is 0 Å². The van der Waals surface area contributed by atoms with Gasteiger partial charge in [0.1, 0.15) is 6.29 Å². The van der Waals surface area contributed by atoms with Crippen LogP contribution in [0, 0.1) is 0 Å². The van der Waals surface area contributed by atoms with Gasteiger partial charge in [0.15, 0.2) is 14.5 Å². The highest BCUT2D eigenvalue weighted by atomic mass is 28.4. The molecule has 19 heavy (non-hydrogen) atoms. The maximum atomic E-state index is 13.3. The van der Waals surface area contributed by atoms with Crippen LogP contribution < -0.4 is 0 Å². The normalized spacial score (nSPS) is 24.9. The van der Waals surface area contributed by atoms with E-state index in [0.717, 1.165) is 0 Å². The molecule has 1 aliphatic rings. The quantitative estimate of drug-likeness (QED) is 0.575. The van der Waals surface area contributed by atoms with Gasteiger partial charge in [-0.3, -0.25) is 4.79 Å². The van der Waals surface area contributed by atoms with Crippen LogP contribution in [-0.4, -0.2) is 50.8 Å². The summed E-state index contributed by atoms with van der Waals surface area (Å²) in [6.45, 7) is 11.3. The van der Waals surface area contributed by atoms with Gasteiger partial charge in [0, 0.05) is 13.0 Å². The molecule has 0 spiro atoms. The predicted octanol–water partition coefficient (Wildman–Crippen LogP) is 2.15. The van der Waals surface area contributed by atoms with Crippen LogP contribution >= 0.6 is 0 Å². The average molecular weight is 289 g/mol. The van der Waals surface area contributed by atoms with E-state index in [9.17, 15) is 14.0 Å². The zero-order valence-corrected chi connectivity index (χ0v) is 13.4. The summed E-state index contributed by atoms with van der Waals surface area (Å²) in [5.41, 5.74) is 0. The lowest BCUT2D eigenvalue weighted by Gasteiger charge is -2.36. The second-order valence-corrected chi connectivity index (χ2v) is 11.4. The number of hydrogen-bond donors (Lipinski definition) is 0. The number of likely N-dealkylation sites (tertiary alicyclic amines) is 1. The van der Waals surface area contributed by atoms with Crippen LogP contribution in [0.1, 0.15) is 27.2 Å². The number of alkyl halides is 1. The molecule has 6 heteroatoms. The van der Waals surface area contributed by atoms with Gasteiger partial charge in [-0.05, 0) is 18.1 Å². The Hall–Kier alpha value is -0.753. The molecule has 0 saturated carbocycles. The molecule has 0 bridgehead atoms. The van der Waals surface area contributed by atoms with E-state index >= 15 is 0 Å². The van der Waals surface area contributed by atoms with Gasteiger partial charge in [-0.2, -0.15) is 0 Å². The molecule has 4 nitrogen and oxygen atoms in total. The first-order chi connectivity index (χ1) is 8.60. The lowest BCUT2D eigenvalue weighted by atomic mass is 10.2. The predicted molar refractivity (Wildman–Crippen MR) is 74.2 cm³/mol. The molecule has 0 aromatic carbocycles. The Kier molecular flexibility index (Phi) is 4.90. The maximum absolute atomic E-state index is 13.3. The van der Waals surface area contributed by atoms with Crippen molar-refractivity contribution in [2.75, 3.05) is 13.2 Å². The van der Waals surface area contributed by atoms with E-state index in [4.69, 9.17) is 4.43 Å². The fourth-order valence-electron chi connectivity index (χ4n) is 1.80. The SMILES string of the molecule is CC(C)(C)[Si](C)(C)OCCN1C(=O)[C@H](F)C[C@H]1C=O. The summed E-state index contributed by atoms with van der Waals surface area (Å²) >= 11 is 0. The van der Waals surface area contributed by atoms with Gasteiger partial charge in [0.2, 0.25) is 0 Å². The summed E-state index contributed by atoms with van der Waals surface area (Å²) in [4.78, 5) is 23.7. The first kappa shape index (κ1) is 16.3. The van der Waals surface area contributed by atoms with Gasteiger partial charge in [0.25, 0.3) is 5.91 Å². The van der Waals surface area contributed by atoms with Crippen molar-refractivity contribution in [3.63, 3.8) is 0 Å². The number of aldehydes is 1. The van der Waals surface area contributed by atoms with Crippen LogP contribution in [0.4, 0.5) is 4.39 Å². The monoisotopic (exact) mass is 289 g/mol. The fourth-order valence-corrected chi connectivity index (χ4v) is 2.84. The zero-order valence-electron chi connectivity index (χ0n) is 12.4. The Morgan fingerprint density at radius 1 is 1.47 bits per heavy atom. The Balaban J connectivity index is 2.53. The minimum absolute atomic E-state index is 0.0254. The maximum Gasteiger partial charge on any atom is 0.257 e. The number of hydrogen-bond acceptors (Lipinski definition) is 3. The van der Waals surface area contributed by atoms with E-state index in [1.165, 1.54) is 4.90 Å². The van der Waals surface area contributed by atoms with Gasteiger partial charge in [-0.25, -0.2) is 4.39 Å². The zero-order chi connectivity index (χ0) is 14.8. The Morgan fingerprint density at radius 3 is 2.53 bits per heavy atom. The molecule has 0 aromatic heterocycles. The Labute approximate surface area is 115 Å². The van der Waals surface area contributed by atoms with Crippen molar-refractivity contribution in [2.24, 2.45) is 0 Å². The van der Waals surface area contributed by atoms with Gasteiger partial charge >= 0.3 is 0 Å². The summed E-state index contributed by atoms with van der Waals surface area (Å²) in [5.74, 6) is -0.587. The van der Waals surface area contributed by atoms with E-state index < -0.39 is 26.4 Å². The molecule has 0 aromatic rings. The average Bonchev–Trinajstić information content (AvgIpc) is 2.55. The topological polar surface area (TPSA) is 46.6 Å². The molecule has 0 radical (unpaired) electrons. The number of carbonyl (C=O) groups is 2. The van der Waals surface area contributed by atoms with Crippen LogP contribution in [0.25, 0.3) is 0 Å². The van der Waals surface area contributed by atoms with Gasteiger partial charge in [-0.15, -0.1) is 0 Å². The van der Waals surface area contributed by atoms with Crippen molar-refractivity contribution in [3.8, 4) is 0 Å². The van der Waals surface area contributed by atoms with E-state index in [1.807, 2.05) is 0 Å². The van der Waals surface area contributed by atoms with Crippen LogP contribution in [0.3, 0.4) is 0 Å². The molecule has 0 unspecified atom stereocenters. The number of halogens is 1. The van der Waals surface area contributed by atoms with Gasteiger partial charge < -0.3 is 14.1 Å². The number of amides is 1. The van der Waals surface area contributed by atoms with Crippen molar-refractivity contribution >= 4 is 20.5 Å². The van der Waals surface area contributed by atoms with Crippen molar-refractivity contribution < 1.29 is 18.4 Å². The van der Waals surface area contributed by atoms with Crippen molar-refractivity contribution in [3.05, 3.63) is 0 Å². The Morgan fingerprint density at radius 2 is 2.05 bits per heavy atom. The van der Waals surface area contributed by atoms with Crippen LogP contribution in [0.15, 0.2) is 0 Å². The second kappa shape index (κ2) is 5.71. The third-order valence-corrected chi connectivity index (χ3v) is 8.70. The summed E-state index contributed by atoms with van der Waals surface area (Å²) in [6, 6.07) is -0.634. The van der Waals surface area contributed by atoms with Crippen LogP contribution in [0.5, 0.6) is 0 Å². The Bertz CT molecular complexity index is 354. The minimum Gasteiger partial charge on any atom is -0.415 e. The van der Waals surface area contributed by atoms with Crippen molar-refractivity contribution in [2.45, 2.75) is 57.5 Å². The molecule has 1 heterocycles. The van der Waals surface area contributed by atoms with Crippen LogP contribution in [0.2, 0.25) is 18.1 Å². The molecule has 1 aliphatic heterocycles. The van der Waals surface area contributed by atoms with E-state index in [2.05, 4.69) is 33.9 Å². The van der Waals surface area contributed by atoms with Crippen molar-refractivity contribution in [1.29, 1.82) is 0 Å². The molecule has 1 rings (SSSR count). The number of rotatable bonds is 5. The molecular weight excluding hydrogens is 265 g/mol. The number of nitrogens with zero attached hydrogens (tertiary/aromatic N) is 1. The van der Waals surface area contributed by atoms with Gasteiger partial charge in [0.05, 0.1) is 12.6 Å². The second-order valence-electron chi connectivity index (χ2n) is 6.55. The molecular formula is C13H24FNO3Si. The smallest absolute Gasteiger partial charge is 0.257 e. The van der Waals surface area contributed by atoms with Crippen LogP contribution in [-0.2, 0) is 14.0 Å².